The van der Waals surface area contributed by atoms with Crippen molar-refractivity contribution in [3.05, 3.63) is 29.5 Å². The van der Waals surface area contributed by atoms with Crippen LogP contribution >= 0.6 is 0 Å². The number of carbonyl (C=O) groups is 1. The normalized spacial score (nSPS) is 22.9. The van der Waals surface area contributed by atoms with Gasteiger partial charge in [0.05, 0.1) is 13.2 Å². The molecule has 0 unspecified atom stereocenters. The van der Waals surface area contributed by atoms with E-state index >= 15 is 0 Å². The van der Waals surface area contributed by atoms with E-state index in [1.807, 2.05) is 18.2 Å². The largest absolute Gasteiger partial charge is 0.490 e. The van der Waals surface area contributed by atoms with Crippen LogP contribution < -0.4 is 9.47 Å². The lowest BCUT2D eigenvalue weighted by Gasteiger charge is -2.19. The van der Waals surface area contributed by atoms with Gasteiger partial charge in [-0.3, -0.25) is 0 Å². The van der Waals surface area contributed by atoms with Crippen LogP contribution in [0.4, 0.5) is 0 Å². The molecular formula is C19H21NO4. The highest BCUT2D eigenvalue weighted by Crippen LogP contribution is 2.32. The molecule has 0 spiro atoms. The van der Waals surface area contributed by atoms with Gasteiger partial charge < -0.3 is 14.2 Å². The molecule has 0 saturated heterocycles. The molecule has 1 aliphatic carbocycles. The number of rotatable bonds is 2. The van der Waals surface area contributed by atoms with Gasteiger partial charge in [0.25, 0.3) is 0 Å². The second-order valence-electron chi connectivity index (χ2n) is 6.46. The third kappa shape index (κ3) is 3.16. The summed E-state index contributed by atoms with van der Waals surface area (Å²) in [5.74, 6) is 1.99. The summed E-state index contributed by atoms with van der Waals surface area (Å²) >= 11 is 0. The molecule has 2 heterocycles. The fraction of sp³-hybridized carbons (Fsp3) is 0.474. The van der Waals surface area contributed by atoms with Crippen molar-refractivity contribution in [1.29, 1.82) is 0 Å². The first kappa shape index (κ1) is 15.2. The Hall–Kier alpha value is -2.30. The molecule has 2 aliphatic heterocycles. The predicted molar refractivity (Wildman–Crippen MR) is 90.1 cm³/mol. The summed E-state index contributed by atoms with van der Waals surface area (Å²) in [6.07, 6.45) is 8.37. The monoisotopic (exact) mass is 327 g/mol. The first-order valence-electron chi connectivity index (χ1n) is 8.72. The Morgan fingerprint density at radius 1 is 1.00 bits per heavy atom. The number of carbonyl (C=O) groups excluding carboxylic acids is 1. The number of aliphatic imine (C=N–C) groups is 1. The number of nitrogens with zero attached hydrogens (tertiary/aromatic N) is 1. The number of hydrogen-bond donors (Lipinski definition) is 0. The van der Waals surface area contributed by atoms with Gasteiger partial charge in [-0.05, 0) is 36.6 Å². The standard InChI is InChI=1S/C19H21NO4/c21-19-15(20-18(24-19)14-5-2-1-3-6-14)11-13-7-8-16-17(12-13)23-10-4-9-22-16/h7-8,11-12,14H,1-6,9-10H2/b15-11+. The highest BCUT2D eigenvalue weighted by atomic mass is 16.6. The molecule has 5 nitrogen and oxygen atoms in total. The molecular weight excluding hydrogens is 306 g/mol. The van der Waals surface area contributed by atoms with Gasteiger partial charge in [-0.25, -0.2) is 9.79 Å². The quantitative estimate of drug-likeness (QED) is 0.613. The molecule has 0 bridgehead atoms. The summed E-state index contributed by atoms with van der Waals surface area (Å²) in [6.45, 7) is 1.30. The van der Waals surface area contributed by atoms with Crippen molar-refractivity contribution in [2.24, 2.45) is 10.9 Å². The summed E-state index contributed by atoms with van der Waals surface area (Å²) in [5.41, 5.74) is 1.23. The Morgan fingerprint density at radius 2 is 1.79 bits per heavy atom. The lowest BCUT2D eigenvalue weighted by Crippen LogP contribution is -2.19. The van der Waals surface area contributed by atoms with Crippen molar-refractivity contribution in [1.82, 2.24) is 0 Å². The Balaban J connectivity index is 1.57. The Bertz CT molecular complexity index is 701. The molecule has 5 heteroatoms. The van der Waals surface area contributed by atoms with E-state index < -0.39 is 0 Å². The van der Waals surface area contributed by atoms with Crippen LogP contribution in [0.3, 0.4) is 0 Å². The van der Waals surface area contributed by atoms with Gasteiger partial charge in [0, 0.05) is 12.3 Å². The van der Waals surface area contributed by atoms with Crippen LogP contribution in [0.25, 0.3) is 6.08 Å². The van der Waals surface area contributed by atoms with Gasteiger partial charge in [-0.1, -0.05) is 25.3 Å². The van der Waals surface area contributed by atoms with Crippen LogP contribution in [0.15, 0.2) is 28.9 Å². The maximum Gasteiger partial charge on any atom is 0.363 e. The molecule has 0 amide bonds. The zero-order chi connectivity index (χ0) is 16.4. The van der Waals surface area contributed by atoms with Crippen molar-refractivity contribution in [2.75, 3.05) is 13.2 Å². The smallest absolute Gasteiger partial charge is 0.363 e. The second-order valence-corrected chi connectivity index (χ2v) is 6.46. The fourth-order valence-corrected chi connectivity index (χ4v) is 3.38. The van der Waals surface area contributed by atoms with Gasteiger partial charge in [-0.2, -0.15) is 0 Å². The van der Waals surface area contributed by atoms with Gasteiger partial charge in [0.15, 0.2) is 17.2 Å². The average molecular weight is 327 g/mol. The van der Waals surface area contributed by atoms with Gasteiger partial charge >= 0.3 is 5.97 Å². The van der Waals surface area contributed by atoms with Crippen molar-refractivity contribution >= 4 is 17.9 Å². The van der Waals surface area contributed by atoms with Crippen LogP contribution in [0, 0.1) is 5.92 Å². The zero-order valence-corrected chi connectivity index (χ0v) is 13.6. The van der Waals surface area contributed by atoms with Gasteiger partial charge in [0.2, 0.25) is 5.90 Å². The average Bonchev–Trinajstić information content (AvgIpc) is 2.83. The Labute approximate surface area is 141 Å². The highest BCUT2D eigenvalue weighted by Gasteiger charge is 2.30. The highest BCUT2D eigenvalue weighted by molar-refractivity contribution is 6.07. The van der Waals surface area contributed by atoms with E-state index in [0.717, 1.165) is 30.6 Å². The molecule has 0 aromatic heterocycles. The Morgan fingerprint density at radius 3 is 2.62 bits per heavy atom. The van der Waals surface area contributed by atoms with Crippen LogP contribution in [-0.4, -0.2) is 25.1 Å². The molecule has 0 atom stereocenters. The van der Waals surface area contributed by atoms with Crippen LogP contribution in [0.1, 0.15) is 44.1 Å². The molecule has 1 aromatic rings. The third-order valence-electron chi connectivity index (χ3n) is 4.67. The SMILES string of the molecule is O=C1OC(C2CCCCC2)=N/C1=C/c1ccc2c(c1)OCCCO2. The van der Waals surface area contributed by atoms with Crippen molar-refractivity contribution in [3.8, 4) is 11.5 Å². The molecule has 126 valence electrons. The second kappa shape index (κ2) is 6.67. The number of ether oxygens (including phenoxy) is 3. The van der Waals surface area contributed by atoms with E-state index in [0.29, 0.717) is 30.6 Å². The number of fused-ring (bicyclic) bond motifs is 1. The van der Waals surface area contributed by atoms with E-state index in [1.165, 1.54) is 19.3 Å². The summed E-state index contributed by atoms with van der Waals surface area (Å²) in [6, 6.07) is 5.66. The van der Waals surface area contributed by atoms with Crippen molar-refractivity contribution < 1.29 is 19.0 Å². The van der Waals surface area contributed by atoms with E-state index in [-0.39, 0.29) is 11.9 Å². The molecule has 1 fully saturated rings. The lowest BCUT2D eigenvalue weighted by molar-refractivity contribution is -0.130. The van der Waals surface area contributed by atoms with Crippen LogP contribution in [-0.2, 0) is 9.53 Å². The molecule has 4 rings (SSSR count). The van der Waals surface area contributed by atoms with Gasteiger partial charge in [0.1, 0.15) is 0 Å². The van der Waals surface area contributed by atoms with Crippen LogP contribution in [0.5, 0.6) is 11.5 Å². The van der Waals surface area contributed by atoms with Crippen molar-refractivity contribution in [3.63, 3.8) is 0 Å². The molecule has 0 radical (unpaired) electrons. The minimum atomic E-state index is -0.359. The molecule has 24 heavy (non-hydrogen) atoms. The van der Waals surface area contributed by atoms with Crippen molar-refractivity contribution in [2.45, 2.75) is 38.5 Å². The number of cyclic esters (lactones) is 1. The van der Waals surface area contributed by atoms with Crippen LogP contribution in [0.2, 0.25) is 0 Å². The molecule has 1 saturated carbocycles. The first-order chi connectivity index (χ1) is 11.8. The third-order valence-corrected chi connectivity index (χ3v) is 4.67. The maximum atomic E-state index is 12.1. The number of esters is 1. The summed E-state index contributed by atoms with van der Waals surface area (Å²) < 4.78 is 16.7. The maximum absolute atomic E-state index is 12.1. The van der Waals surface area contributed by atoms with E-state index in [2.05, 4.69) is 4.99 Å². The summed E-state index contributed by atoms with van der Waals surface area (Å²) in [5, 5.41) is 0. The number of hydrogen-bond acceptors (Lipinski definition) is 5. The minimum Gasteiger partial charge on any atom is -0.490 e. The number of benzene rings is 1. The molecule has 0 N–H and O–H groups in total. The van der Waals surface area contributed by atoms with Gasteiger partial charge in [-0.15, -0.1) is 0 Å². The minimum absolute atomic E-state index is 0.289. The first-order valence-corrected chi connectivity index (χ1v) is 8.72. The predicted octanol–water partition coefficient (Wildman–Crippen LogP) is 3.72. The summed E-state index contributed by atoms with van der Waals surface area (Å²) in [7, 11) is 0. The lowest BCUT2D eigenvalue weighted by atomic mass is 9.89. The van der Waals surface area contributed by atoms with E-state index in [1.54, 1.807) is 6.08 Å². The Kier molecular flexibility index (Phi) is 4.24. The van der Waals surface area contributed by atoms with E-state index in [9.17, 15) is 4.79 Å². The van der Waals surface area contributed by atoms with E-state index in [4.69, 9.17) is 14.2 Å². The fourth-order valence-electron chi connectivity index (χ4n) is 3.38. The zero-order valence-electron chi connectivity index (χ0n) is 13.6. The topological polar surface area (TPSA) is 57.1 Å². The summed E-state index contributed by atoms with van der Waals surface area (Å²) in [4.78, 5) is 16.6. The molecule has 1 aromatic carbocycles. The molecule has 3 aliphatic rings.